The molecule has 1 atom stereocenters. The summed E-state index contributed by atoms with van der Waals surface area (Å²) in [6, 6.07) is 15.5. The van der Waals surface area contributed by atoms with E-state index in [9.17, 15) is 4.79 Å². The van der Waals surface area contributed by atoms with E-state index in [-0.39, 0.29) is 11.6 Å². The Labute approximate surface area is 165 Å². The lowest BCUT2D eigenvalue weighted by Gasteiger charge is -2.18. The fourth-order valence-corrected chi connectivity index (χ4v) is 5.10. The van der Waals surface area contributed by atoms with Crippen molar-refractivity contribution >= 4 is 44.2 Å². The molecule has 0 aliphatic carbocycles. The summed E-state index contributed by atoms with van der Waals surface area (Å²) < 4.78 is 8.19. The molecule has 4 aromatic rings. The standard InChI is InChI=1S/C20H19N3O2S2/c1-13(11-25-2)23-19(24)14-7-3-4-8-15(14)22-20(23)26-12-18-21-16-9-5-6-10-17(16)27-18/h3-10,13H,11-12H2,1-2H3. The van der Waals surface area contributed by atoms with E-state index < -0.39 is 0 Å². The Kier molecular flexibility index (Phi) is 5.24. The van der Waals surface area contributed by atoms with Crippen LogP contribution in [-0.2, 0) is 10.5 Å². The Morgan fingerprint density at radius 2 is 1.85 bits per heavy atom. The van der Waals surface area contributed by atoms with Crippen LogP contribution in [0, 0.1) is 0 Å². The number of hydrogen-bond donors (Lipinski definition) is 0. The molecule has 1 unspecified atom stereocenters. The molecule has 0 saturated heterocycles. The first-order valence-electron chi connectivity index (χ1n) is 8.65. The number of ether oxygens (including phenoxy) is 1. The predicted octanol–water partition coefficient (Wildman–Crippen LogP) is 4.51. The van der Waals surface area contributed by atoms with E-state index in [2.05, 4.69) is 11.1 Å². The van der Waals surface area contributed by atoms with Gasteiger partial charge in [-0.15, -0.1) is 11.3 Å². The number of thiazole rings is 1. The summed E-state index contributed by atoms with van der Waals surface area (Å²) >= 11 is 3.22. The Hall–Kier alpha value is -2.22. The quantitative estimate of drug-likeness (QED) is 0.354. The number of para-hydroxylation sites is 2. The van der Waals surface area contributed by atoms with Gasteiger partial charge in [-0.05, 0) is 31.2 Å². The molecule has 0 radical (unpaired) electrons. The smallest absolute Gasteiger partial charge is 0.262 e. The SMILES string of the molecule is COCC(C)n1c(SCc2nc3ccccc3s2)nc2ccccc2c1=O. The summed E-state index contributed by atoms with van der Waals surface area (Å²) in [6.45, 7) is 2.43. The summed E-state index contributed by atoms with van der Waals surface area (Å²) in [6.07, 6.45) is 0. The van der Waals surface area contributed by atoms with Gasteiger partial charge in [-0.1, -0.05) is 36.0 Å². The largest absolute Gasteiger partial charge is 0.383 e. The van der Waals surface area contributed by atoms with E-state index in [1.54, 1.807) is 34.8 Å². The molecule has 5 nitrogen and oxygen atoms in total. The van der Waals surface area contributed by atoms with E-state index in [1.807, 2.05) is 49.4 Å². The molecule has 138 valence electrons. The minimum Gasteiger partial charge on any atom is -0.383 e. The van der Waals surface area contributed by atoms with Crippen molar-refractivity contribution in [1.82, 2.24) is 14.5 Å². The van der Waals surface area contributed by atoms with Gasteiger partial charge in [0.25, 0.3) is 5.56 Å². The first-order valence-corrected chi connectivity index (χ1v) is 10.4. The van der Waals surface area contributed by atoms with E-state index in [0.29, 0.717) is 22.9 Å². The second-order valence-corrected chi connectivity index (χ2v) is 8.31. The fourth-order valence-electron chi connectivity index (χ4n) is 3.04. The number of nitrogens with zero attached hydrogens (tertiary/aromatic N) is 3. The molecular formula is C20H19N3O2S2. The first kappa shape index (κ1) is 18.2. The predicted molar refractivity (Wildman–Crippen MR) is 112 cm³/mol. The molecule has 2 aromatic carbocycles. The third-order valence-corrected chi connectivity index (χ3v) is 6.47. The van der Waals surface area contributed by atoms with Crippen molar-refractivity contribution in [2.24, 2.45) is 0 Å². The van der Waals surface area contributed by atoms with Crippen molar-refractivity contribution in [2.75, 3.05) is 13.7 Å². The minimum absolute atomic E-state index is 0.0306. The van der Waals surface area contributed by atoms with Crippen LogP contribution in [0.25, 0.3) is 21.1 Å². The summed E-state index contributed by atoms with van der Waals surface area (Å²) in [5, 5.41) is 2.35. The normalized spacial score (nSPS) is 12.7. The minimum atomic E-state index is -0.0996. The highest BCUT2D eigenvalue weighted by molar-refractivity contribution is 7.98. The van der Waals surface area contributed by atoms with E-state index in [4.69, 9.17) is 9.72 Å². The van der Waals surface area contributed by atoms with Crippen molar-refractivity contribution in [3.05, 3.63) is 63.9 Å². The maximum absolute atomic E-state index is 13.1. The van der Waals surface area contributed by atoms with Gasteiger partial charge in [0, 0.05) is 7.11 Å². The average molecular weight is 398 g/mol. The van der Waals surface area contributed by atoms with Gasteiger partial charge in [0.1, 0.15) is 5.01 Å². The zero-order valence-corrected chi connectivity index (χ0v) is 16.7. The van der Waals surface area contributed by atoms with E-state index in [1.165, 1.54) is 4.70 Å². The fraction of sp³-hybridized carbons (Fsp3) is 0.250. The molecule has 0 amide bonds. The summed E-state index contributed by atoms with van der Waals surface area (Å²) in [7, 11) is 1.64. The van der Waals surface area contributed by atoms with Crippen molar-refractivity contribution in [2.45, 2.75) is 23.9 Å². The lowest BCUT2D eigenvalue weighted by atomic mass is 10.2. The van der Waals surface area contributed by atoms with Crippen LogP contribution in [0.1, 0.15) is 18.0 Å². The molecule has 7 heteroatoms. The summed E-state index contributed by atoms with van der Waals surface area (Å²) in [5.41, 5.74) is 1.70. The number of hydrogen-bond acceptors (Lipinski definition) is 6. The molecule has 0 N–H and O–H groups in total. The number of rotatable bonds is 6. The molecule has 2 heterocycles. The van der Waals surface area contributed by atoms with Crippen LogP contribution in [0.3, 0.4) is 0 Å². The topological polar surface area (TPSA) is 57.0 Å². The third kappa shape index (κ3) is 3.63. The zero-order valence-electron chi connectivity index (χ0n) is 15.1. The van der Waals surface area contributed by atoms with Gasteiger partial charge >= 0.3 is 0 Å². The van der Waals surface area contributed by atoms with Crippen LogP contribution in [0.4, 0.5) is 0 Å². The average Bonchev–Trinajstić information content (AvgIpc) is 3.09. The second-order valence-electron chi connectivity index (χ2n) is 6.26. The maximum atomic E-state index is 13.1. The van der Waals surface area contributed by atoms with Gasteiger partial charge in [-0.3, -0.25) is 9.36 Å². The lowest BCUT2D eigenvalue weighted by Crippen LogP contribution is -2.28. The Bertz CT molecular complexity index is 1120. The van der Waals surface area contributed by atoms with Crippen molar-refractivity contribution in [1.29, 1.82) is 0 Å². The zero-order chi connectivity index (χ0) is 18.8. The van der Waals surface area contributed by atoms with Crippen LogP contribution in [0.15, 0.2) is 58.5 Å². The van der Waals surface area contributed by atoms with Crippen molar-refractivity contribution in [3.8, 4) is 0 Å². The van der Waals surface area contributed by atoms with Gasteiger partial charge < -0.3 is 4.74 Å². The number of aromatic nitrogens is 3. The van der Waals surface area contributed by atoms with Gasteiger partial charge in [0.15, 0.2) is 5.16 Å². The highest BCUT2D eigenvalue weighted by Crippen LogP contribution is 2.29. The first-order chi connectivity index (χ1) is 13.2. The molecule has 0 aliphatic rings. The van der Waals surface area contributed by atoms with E-state index in [0.717, 1.165) is 16.0 Å². The molecule has 27 heavy (non-hydrogen) atoms. The van der Waals surface area contributed by atoms with Crippen LogP contribution in [-0.4, -0.2) is 28.3 Å². The van der Waals surface area contributed by atoms with Gasteiger partial charge in [0.05, 0.1) is 39.5 Å². The monoisotopic (exact) mass is 397 g/mol. The molecule has 0 aliphatic heterocycles. The Morgan fingerprint density at radius 3 is 2.63 bits per heavy atom. The lowest BCUT2D eigenvalue weighted by molar-refractivity contribution is 0.156. The molecule has 0 bridgehead atoms. The summed E-state index contributed by atoms with van der Waals surface area (Å²) in [4.78, 5) is 22.5. The molecule has 0 saturated carbocycles. The van der Waals surface area contributed by atoms with Gasteiger partial charge in [0.2, 0.25) is 0 Å². The molecule has 0 spiro atoms. The molecule has 0 fully saturated rings. The number of methoxy groups -OCH3 is 1. The highest BCUT2D eigenvalue weighted by Gasteiger charge is 2.17. The van der Waals surface area contributed by atoms with Crippen LogP contribution in [0.2, 0.25) is 0 Å². The summed E-state index contributed by atoms with van der Waals surface area (Å²) in [5.74, 6) is 0.670. The maximum Gasteiger partial charge on any atom is 0.262 e. The molecular weight excluding hydrogens is 378 g/mol. The molecule has 2 aromatic heterocycles. The highest BCUT2D eigenvalue weighted by atomic mass is 32.2. The number of benzene rings is 2. The van der Waals surface area contributed by atoms with E-state index >= 15 is 0 Å². The number of fused-ring (bicyclic) bond motifs is 2. The second kappa shape index (κ2) is 7.80. The van der Waals surface area contributed by atoms with Gasteiger partial charge in [-0.25, -0.2) is 9.97 Å². The van der Waals surface area contributed by atoms with Crippen molar-refractivity contribution in [3.63, 3.8) is 0 Å². The van der Waals surface area contributed by atoms with Crippen LogP contribution >= 0.6 is 23.1 Å². The van der Waals surface area contributed by atoms with Crippen LogP contribution in [0.5, 0.6) is 0 Å². The number of thioether (sulfide) groups is 1. The van der Waals surface area contributed by atoms with Crippen LogP contribution < -0.4 is 5.56 Å². The van der Waals surface area contributed by atoms with Crippen molar-refractivity contribution < 1.29 is 4.74 Å². The molecule has 4 rings (SSSR count). The Morgan fingerprint density at radius 1 is 1.11 bits per heavy atom. The third-order valence-electron chi connectivity index (χ3n) is 4.29. The Balaban J connectivity index is 1.72. The van der Waals surface area contributed by atoms with Gasteiger partial charge in [-0.2, -0.15) is 0 Å².